The molecule has 0 bridgehead atoms. The van der Waals surface area contributed by atoms with Gasteiger partial charge < -0.3 is 15.7 Å². The fraction of sp³-hybridized carbons (Fsp3) is 0.571. The number of hydrogen-bond donors (Lipinski definition) is 2. The summed E-state index contributed by atoms with van der Waals surface area (Å²) in [6, 6.07) is -0.465. The minimum Gasteiger partial charge on any atom is -0.511 e. The Hall–Kier alpha value is -0.740. The van der Waals surface area contributed by atoms with Gasteiger partial charge in [0.2, 0.25) is 0 Å². The van der Waals surface area contributed by atoms with Crippen LogP contribution in [0.4, 0.5) is 0 Å². The van der Waals surface area contributed by atoms with Crippen LogP contribution in [0.3, 0.4) is 0 Å². The third kappa shape index (κ3) is 2.39. The van der Waals surface area contributed by atoms with Gasteiger partial charge in [0.05, 0.1) is 6.04 Å². The second kappa shape index (κ2) is 3.78. The number of nitrogens with two attached hydrogens (primary N) is 1. The average Bonchev–Trinajstić information content (AvgIpc) is 2.35. The van der Waals surface area contributed by atoms with Gasteiger partial charge in [-0.1, -0.05) is 23.3 Å². The zero-order chi connectivity index (χ0) is 9.14. The molecule has 0 amide bonds. The first kappa shape index (κ1) is 9.35. The second-order valence-electron chi connectivity index (χ2n) is 2.73. The first-order chi connectivity index (χ1) is 5.59. The Bertz CT molecular complexity index is 217. The summed E-state index contributed by atoms with van der Waals surface area (Å²) in [5.41, 5.74) is 5.52. The molecule has 1 rings (SSSR count). The molecular weight excluding hydrogens is 180 g/mol. The van der Waals surface area contributed by atoms with Crippen LogP contribution in [0, 0.1) is 0 Å². The summed E-state index contributed by atoms with van der Waals surface area (Å²) in [6.45, 7) is 3.32. The smallest absolute Gasteiger partial charge is 0.149 e. The minimum absolute atomic E-state index is 0.0402. The molecule has 0 saturated carbocycles. The van der Waals surface area contributed by atoms with Crippen LogP contribution in [-0.2, 0) is 4.84 Å². The Morgan fingerprint density at radius 3 is 3.08 bits per heavy atom. The molecular formula is C7H11ClN2O2. The van der Waals surface area contributed by atoms with Crippen LogP contribution in [0.1, 0.15) is 12.8 Å². The maximum Gasteiger partial charge on any atom is 0.149 e. The van der Waals surface area contributed by atoms with Crippen molar-refractivity contribution in [3.63, 3.8) is 0 Å². The van der Waals surface area contributed by atoms with E-state index in [1.54, 1.807) is 0 Å². The van der Waals surface area contributed by atoms with E-state index in [1.807, 2.05) is 0 Å². The predicted octanol–water partition coefficient (Wildman–Crippen LogP) is 1.12. The van der Waals surface area contributed by atoms with Gasteiger partial charge in [0, 0.05) is 12.8 Å². The lowest BCUT2D eigenvalue weighted by molar-refractivity contribution is 0.0733. The number of oxime groups is 1. The normalized spacial score (nSPS) is 24.5. The first-order valence-corrected chi connectivity index (χ1v) is 3.99. The molecule has 0 fully saturated rings. The van der Waals surface area contributed by atoms with Crippen molar-refractivity contribution in [3.8, 4) is 0 Å². The van der Waals surface area contributed by atoms with Crippen LogP contribution in [0.25, 0.3) is 0 Å². The highest BCUT2D eigenvalue weighted by Gasteiger charge is 2.23. The summed E-state index contributed by atoms with van der Waals surface area (Å²) >= 11 is 5.57. The quantitative estimate of drug-likeness (QED) is 0.656. The molecule has 0 aliphatic carbocycles. The maximum absolute atomic E-state index is 8.90. The molecule has 12 heavy (non-hydrogen) atoms. The van der Waals surface area contributed by atoms with E-state index in [4.69, 9.17) is 27.3 Å². The van der Waals surface area contributed by atoms with Gasteiger partial charge in [-0.15, -0.1) is 0 Å². The minimum atomic E-state index is -0.465. The zero-order valence-corrected chi connectivity index (χ0v) is 7.29. The van der Waals surface area contributed by atoms with Crippen molar-refractivity contribution in [2.75, 3.05) is 0 Å². The monoisotopic (exact) mass is 190 g/mol. The summed E-state index contributed by atoms with van der Waals surface area (Å²) in [7, 11) is 0. The lowest BCUT2D eigenvalue weighted by atomic mass is 10.1. The maximum atomic E-state index is 8.90. The number of rotatable bonds is 3. The number of halogens is 1. The molecule has 1 aliphatic rings. The molecule has 0 radical (unpaired) electrons. The Morgan fingerprint density at radius 2 is 2.67 bits per heavy atom. The van der Waals surface area contributed by atoms with Crippen molar-refractivity contribution in [1.29, 1.82) is 0 Å². The summed E-state index contributed by atoms with van der Waals surface area (Å²) < 4.78 is 0. The SMILES string of the molecule is C=C(O)C(N)CC1CC(Cl)=NO1. The molecule has 0 aromatic heterocycles. The fourth-order valence-electron chi connectivity index (χ4n) is 0.940. The molecule has 3 N–H and O–H groups in total. The Kier molecular flexibility index (Phi) is 2.94. The molecule has 0 aromatic carbocycles. The van der Waals surface area contributed by atoms with E-state index >= 15 is 0 Å². The average molecular weight is 191 g/mol. The predicted molar refractivity (Wildman–Crippen MR) is 47.1 cm³/mol. The molecule has 1 heterocycles. The van der Waals surface area contributed by atoms with E-state index in [1.165, 1.54) is 0 Å². The fourth-order valence-corrected chi connectivity index (χ4v) is 1.15. The van der Waals surface area contributed by atoms with Gasteiger partial charge in [-0.2, -0.15) is 0 Å². The van der Waals surface area contributed by atoms with Crippen molar-refractivity contribution < 1.29 is 9.94 Å². The van der Waals surface area contributed by atoms with Crippen LogP contribution >= 0.6 is 11.6 Å². The number of hydrogen-bond acceptors (Lipinski definition) is 4. The Morgan fingerprint density at radius 1 is 2.00 bits per heavy atom. The van der Waals surface area contributed by atoms with Crippen molar-refractivity contribution in [2.24, 2.45) is 10.9 Å². The highest BCUT2D eigenvalue weighted by molar-refractivity contribution is 6.65. The topological polar surface area (TPSA) is 67.8 Å². The van der Waals surface area contributed by atoms with Gasteiger partial charge in [-0.25, -0.2) is 0 Å². The summed E-state index contributed by atoms with van der Waals surface area (Å²) in [6.07, 6.45) is 0.911. The van der Waals surface area contributed by atoms with Crippen molar-refractivity contribution in [1.82, 2.24) is 0 Å². The van der Waals surface area contributed by atoms with Gasteiger partial charge in [0.25, 0.3) is 0 Å². The van der Waals surface area contributed by atoms with E-state index in [9.17, 15) is 0 Å². The van der Waals surface area contributed by atoms with Crippen LogP contribution in [0.2, 0.25) is 0 Å². The Balaban J connectivity index is 2.30. The van der Waals surface area contributed by atoms with Gasteiger partial charge >= 0.3 is 0 Å². The second-order valence-corrected chi connectivity index (χ2v) is 3.17. The largest absolute Gasteiger partial charge is 0.511 e. The van der Waals surface area contributed by atoms with Crippen LogP contribution in [-0.4, -0.2) is 22.4 Å². The number of aliphatic hydroxyl groups is 1. The highest BCUT2D eigenvalue weighted by atomic mass is 35.5. The summed E-state index contributed by atoms with van der Waals surface area (Å²) in [5, 5.41) is 12.9. The molecule has 0 saturated heterocycles. The van der Waals surface area contributed by atoms with Gasteiger partial charge in [0.15, 0.2) is 0 Å². The first-order valence-electron chi connectivity index (χ1n) is 3.61. The van der Waals surface area contributed by atoms with Crippen LogP contribution < -0.4 is 5.73 Å². The van der Waals surface area contributed by atoms with E-state index in [2.05, 4.69) is 11.7 Å². The number of nitrogens with zero attached hydrogens (tertiary/aromatic N) is 1. The Labute approximate surface area is 75.6 Å². The lowest BCUT2D eigenvalue weighted by Crippen LogP contribution is -2.27. The molecule has 2 atom stereocenters. The molecule has 0 spiro atoms. The third-order valence-electron chi connectivity index (χ3n) is 1.64. The molecule has 2 unspecified atom stereocenters. The van der Waals surface area contributed by atoms with Crippen LogP contribution in [0.15, 0.2) is 17.5 Å². The highest BCUT2D eigenvalue weighted by Crippen LogP contribution is 2.18. The van der Waals surface area contributed by atoms with E-state index in [0.29, 0.717) is 18.0 Å². The van der Waals surface area contributed by atoms with E-state index in [0.717, 1.165) is 0 Å². The molecule has 68 valence electrons. The standard InChI is InChI=1S/C7H11ClN2O2/c1-4(11)6(9)2-5-3-7(8)10-12-5/h5-6,11H,1-3,9H2. The number of aliphatic hydroxyl groups excluding tert-OH is 1. The molecule has 4 nitrogen and oxygen atoms in total. The van der Waals surface area contributed by atoms with Crippen LogP contribution in [0.5, 0.6) is 0 Å². The van der Waals surface area contributed by atoms with Crippen molar-refractivity contribution in [3.05, 3.63) is 12.3 Å². The zero-order valence-electron chi connectivity index (χ0n) is 6.53. The van der Waals surface area contributed by atoms with Crippen molar-refractivity contribution >= 4 is 16.8 Å². The van der Waals surface area contributed by atoms with Gasteiger partial charge in [-0.05, 0) is 0 Å². The van der Waals surface area contributed by atoms with E-state index < -0.39 is 6.04 Å². The van der Waals surface area contributed by atoms with Crippen molar-refractivity contribution in [2.45, 2.75) is 25.0 Å². The van der Waals surface area contributed by atoms with E-state index in [-0.39, 0.29) is 11.9 Å². The molecule has 1 aliphatic heterocycles. The van der Waals surface area contributed by atoms with Gasteiger partial charge in [0.1, 0.15) is 17.0 Å². The summed E-state index contributed by atoms with van der Waals surface area (Å²) in [4.78, 5) is 4.91. The summed E-state index contributed by atoms with van der Waals surface area (Å²) in [5.74, 6) is -0.0402. The third-order valence-corrected chi connectivity index (χ3v) is 1.87. The lowest BCUT2D eigenvalue weighted by Gasteiger charge is -2.13. The molecule has 0 aromatic rings. The van der Waals surface area contributed by atoms with Gasteiger partial charge in [-0.3, -0.25) is 0 Å². The molecule has 5 heteroatoms.